The van der Waals surface area contributed by atoms with E-state index in [9.17, 15) is 0 Å². The molecule has 0 aliphatic carbocycles. The number of hydrogen-bond donors (Lipinski definition) is 0. The van der Waals surface area contributed by atoms with Crippen LogP contribution in [0.4, 0.5) is 0 Å². The first-order valence-corrected chi connectivity index (χ1v) is 4.74. The highest BCUT2D eigenvalue weighted by molar-refractivity contribution is 9.11. The van der Waals surface area contributed by atoms with Gasteiger partial charge < -0.3 is 0 Å². The molecule has 0 atom stereocenters. The monoisotopic (exact) mass is 241 g/mol. The maximum absolute atomic E-state index is 4.18. The highest BCUT2D eigenvalue weighted by Crippen LogP contribution is 2.04. The van der Waals surface area contributed by atoms with Crippen LogP contribution in [0.3, 0.4) is 0 Å². The second-order valence-corrected chi connectivity index (χ2v) is 4.01. The Kier molecular flexibility index (Phi) is 4.05. The number of rotatable bonds is 4. The van der Waals surface area contributed by atoms with Crippen molar-refractivity contribution < 1.29 is 0 Å². The van der Waals surface area contributed by atoms with E-state index in [1.54, 1.807) is 18.6 Å². The van der Waals surface area contributed by atoms with Gasteiger partial charge in [-0.1, -0.05) is 22.5 Å². The molecule has 13 heavy (non-hydrogen) atoms. The van der Waals surface area contributed by atoms with Crippen molar-refractivity contribution in [1.82, 2.24) is 14.9 Å². The fourth-order valence-corrected chi connectivity index (χ4v) is 1.47. The molecule has 0 amide bonds. The second kappa shape index (κ2) is 5.09. The molecular weight excluding hydrogens is 230 g/mol. The molecule has 0 saturated heterocycles. The van der Waals surface area contributed by atoms with Crippen molar-refractivity contribution >= 4 is 15.9 Å². The first-order chi connectivity index (χ1) is 6.18. The Morgan fingerprint density at radius 2 is 2.38 bits per heavy atom. The average molecular weight is 242 g/mol. The fraction of sp³-hybridized carbons (Fsp3) is 0.333. The largest absolute Gasteiger partial charge is 0.296 e. The molecule has 4 heteroatoms. The van der Waals surface area contributed by atoms with E-state index < -0.39 is 0 Å². The van der Waals surface area contributed by atoms with Crippen LogP contribution in [0.1, 0.15) is 5.69 Å². The minimum Gasteiger partial charge on any atom is -0.296 e. The maximum Gasteiger partial charge on any atom is 0.0726 e. The van der Waals surface area contributed by atoms with Crippen molar-refractivity contribution in [1.29, 1.82) is 0 Å². The summed E-state index contributed by atoms with van der Waals surface area (Å²) in [5.74, 6) is 0. The summed E-state index contributed by atoms with van der Waals surface area (Å²) in [6.07, 6.45) is 5.15. The minimum absolute atomic E-state index is 0.790. The van der Waals surface area contributed by atoms with Gasteiger partial charge in [-0.05, 0) is 7.05 Å². The van der Waals surface area contributed by atoms with Crippen molar-refractivity contribution in [3.05, 3.63) is 35.3 Å². The smallest absolute Gasteiger partial charge is 0.0726 e. The molecule has 3 nitrogen and oxygen atoms in total. The summed E-state index contributed by atoms with van der Waals surface area (Å²) >= 11 is 3.32. The zero-order chi connectivity index (χ0) is 9.68. The van der Waals surface area contributed by atoms with Crippen molar-refractivity contribution in [2.45, 2.75) is 6.54 Å². The van der Waals surface area contributed by atoms with Gasteiger partial charge in [0.2, 0.25) is 0 Å². The Labute approximate surface area is 86.6 Å². The van der Waals surface area contributed by atoms with Crippen LogP contribution in [-0.2, 0) is 6.54 Å². The number of hydrogen-bond acceptors (Lipinski definition) is 3. The molecule has 0 radical (unpaired) electrons. The van der Waals surface area contributed by atoms with Crippen LogP contribution in [0.5, 0.6) is 0 Å². The molecule has 0 saturated carbocycles. The molecule has 1 aromatic rings. The van der Waals surface area contributed by atoms with E-state index in [1.165, 1.54) is 0 Å². The van der Waals surface area contributed by atoms with Gasteiger partial charge in [0.1, 0.15) is 0 Å². The topological polar surface area (TPSA) is 29.0 Å². The van der Waals surface area contributed by atoms with E-state index in [2.05, 4.69) is 37.4 Å². The molecule has 0 fully saturated rings. The predicted molar refractivity (Wildman–Crippen MR) is 56.4 cm³/mol. The Balaban J connectivity index is 2.45. The molecule has 0 aromatic carbocycles. The van der Waals surface area contributed by atoms with Crippen molar-refractivity contribution in [3.8, 4) is 0 Å². The molecule has 0 bridgehead atoms. The van der Waals surface area contributed by atoms with Crippen LogP contribution >= 0.6 is 15.9 Å². The van der Waals surface area contributed by atoms with E-state index in [-0.39, 0.29) is 0 Å². The number of aromatic nitrogens is 2. The van der Waals surface area contributed by atoms with Gasteiger partial charge >= 0.3 is 0 Å². The number of nitrogens with zero attached hydrogens (tertiary/aromatic N) is 3. The molecule has 0 N–H and O–H groups in total. The van der Waals surface area contributed by atoms with Crippen LogP contribution in [-0.4, -0.2) is 28.5 Å². The molecule has 0 aliphatic rings. The quantitative estimate of drug-likeness (QED) is 0.806. The predicted octanol–water partition coefficient (Wildman–Crippen LogP) is 1.82. The second-order valence-electron chi connectivity index (χ2n) is 2.89. The van der Waals surface area contributed by atoms with Crippen LogP contribution in [0.25, 0.3) is 0 Å². The molecular formula is C9H12BrN3. The van der Waals surface area contributed by atoms with Crippen molar-refractivity contribution in [2.75, 3.05) is 13.6 Å². The highest BCUT2D eigenvalue weighted by atomic mass is 79.9. The Hall–Kier alpha value is -0.740. The maximum atomic E-state index is 4.18. The summed E-state index contributed by atoms with van der Waals surface area (Å²) < 4.78 is 0.971. The Morgan fingerprint density at radius 1 is 1.62 bits per heavy atom. The third-order valence-corrected chi connectivity index (χ3v) is 1.74. The van der Waals surface area contributed by atoms with Crippen LogP contribution < -0.4 is 0 Å². The van der Waals surface area contributed by atoms with Gasteiger partial charge in [0.05, 0.1) is 5.69 Å². The van der Waals surface area contributed by atoms with Gasteiger partial charge in [0.15, 0.2) is 0 Å². The normalized spacial score (nSPS) is 10.4. The van der Waals surface area contributed by atoms with Gasteiger partial charge in [0.25, 0.3) is 0 Å². The van der Waals surface area contributed by atoms with E-state index in [0.29, 0.717) is 0 Å². The van der Waals surface area contributed by atoms with E-state index in [1.807, 2.05) is 7.05 Å². The lowest BCUT2D eigenvalue weighted by Gasteiger charge is -2.14. The fourth-order valence-electron chi connectivity index (χ4n) is 1.04. The van der Waals surface area contributed by atoms with Crippen LogP contribution in [0.2, 0.25) is 0 Å². The summed E-state index contributed by atoms with van der Waals surface area (Å²) in [6.45, 7) is 5.38. The number of likely N-dealkylation sites (N-methyl/N-ethyl adjacent to an activating group) is 1. The lowest BCUT2D eigenvalue weighted by molar-refractivity contribution is 0.356. The van der Waals surface area contributed by atoms with Crippen LogP contribution in [0.15, 0.2) is 29.7 Å². The lowest BCUT2D eigenvalue weighted by atomic mass is 10.4. The first-order valence-electron chi connectivity index (χ1n) is 3.95. The zero-order valence-corrected chi connectivity index (χ0v) is 9.16. The van der Waals surface area contributed by atoms with Gasteiger partial charge in [-0.15, -0.1) is 0 Å². The van der Waals surface area contributed by atoms with Gasteiger partial charge in [-0.3, -0.25) is 14.9 Å². The van der Waals surface area contributed by atoms with Crippen molar-refractivity contribution in [3.63, 3.8) is 0 Å². The number of halogens is 1. The molecule has 0 unspecified atom stereocenters. The summed E-state index contributed by atoms with van der Waals surface area (Å²) in [5.41, 5.74) is 0.971. The molecule has 0 aliphatic heterocycles. The standard InChI is InChI=1S/C9H12BrN3/c1-8(10)6-13(2)7-9-5-11-3-4-12-9/h3-5H,1,6-7H2,2H3. The van der Waals surface area contributed by atoms with Gasteiger partial charge in [-0.2, -0.15) is 0 Å². The minimum atomic E-state index is 0.790. The molecule has 1 rings (SSSR count). The van der Waals surface area contributed by atoms with Gasteiger partial charge in [-0.25, -0.2) is 0 Å². The highest BCUT2D eigenvalue weighted by Gasteiger charge is 2.01. The van der Waals surface area contributed by atoms with Gasteiger partial charge in [0, 0.05) is 36.2 Å². The Morgan fingerprint density at radius 3 is 2.92 bits per heavy atom. The third-order valence-electron chi connectivity index (χ3n) is 1.49. The summed E-state index contributed by atoms with van der Waals surface area (Å²) in [7, 11) is 2.02. The molecule has 70 valence electrons. The first kappa shape index (κ1) is 10.3. The third kappa shape index (κ3) is 4.15. The summed E-state index contributed by atoms with van der Waals surface area (Å²) in [5, 5.41) is 0. The molecule has 1 aromatic heterocycles. The van der Waals surface area contributed by atoms with Crippen molar-refractivity contribution in [2.24, 2.45) is 0 Å². The summed E-state index contributed by atoms with van der Waals surface area (Å²) in [6, 6.07) is 0. The zero-order valence-electron chi connectivity index (χ0n) is 7.57. The lowest BCUT2D eigenvalue weighted by Crippen LogP contribution is -2.19. The summed E-state index contributed by atoms with van der Waals surface area (Å²) in [4.78, 5) is 10.3. The van der Waals surface area contributed by atoms with E-state index >= 15 is 0 Å². The molecule has 0 spiro atoms. The Bertz CT molecular complexity index is 273. The van der Waals surface area contributed by atoms with E-state index in [4.69, 9.17) is 0 Å². The SMILES string of the molecule is C=C(Br)CN(C)Cc1cnccn1. The van der Waals surface area contributed by atoms with E-state index in [0.717, 1.165) is 23.3 Å². The molecule has 1 heterocycles. The average Bonchev–Trinajstić information content (AvgIpc) is 2.04. The van der Waals surface area contributed by atoms with Crippen LogP contribution in [0, 0.1) is 0 Å².